The normalized spacial score (nSPS) is 19.6. The SMILES string of the molecule is CCc1nn(-c2cc(F)c(C(N)=O)c(N[C@H]3CCC[C@@H]3OC(=O)CNC(=O)OC(C)(C)C)c2)c2c1C(=O)CC(C)(C)C2. The minimum Gasteiger partial charge on any atom is -0.459 e. The smallest absolute Gasteiger partial charge is 0.408 e. The van der Waals surface area contributed by atoms with E-state index in [1.807, 2.05) is 20.8 Å². The number of ether oxygens (including phenoxy) is 2. The predicted octanol–water partition coefficient (Wildman–Crippen LogP) is 4.23. The van der Waals surface area contributed by atoms with Crippen LogP contribution in [0.2, 0.25) is 0 Å². The standard InChI is InChI=1S/C30H40FN5O6/c1-7-18-26-21(13-30(5,6)14-22(26)37)36(35-18)16-11-17(31)25(27(32)39)20(12-16)34-19-9-8-10-23(19)41-24(38)15-33-28(40)42-29(2,3)4/h11-12,19,23,34H,7-10,13-15H2,1-6H3,(H2,32,39)(H,33,40)/t19-,23-/m0/s1. The van der Waals surface area contributed by atoms with Gasteiger partial charge in [-0.05, 0) is 64.4 Å². The van der Waals surface area contributed by atoms with Crippen molar-refractivity contribution in [3.8, 4) is 5.69 Å². The van der Waals surface area contributed by atoms with Crippen LogP contribution in [0, 0.1) is 11.2 Å². The summed E-state index contributed by atoms with van der Waals surface area (Å²) >= 11 is 0. The minimum atomic E-state index is -0.956. The molecule has 0 bridgehead atoms. The Hall–Kier alpha value is -3.96. The number of anilines is 1. The fourth-order valence-electron chi connectivity index (χ4n) is 5.67. The monoisotopic (exact) mass is 585 g/mol. The van der Waals surface area contributed by atoms with E-state index in [0.717, 1.165) is 0 Å². The average molecular weight is 586 g/mol. The lowest BCUT2D eigenvalue weighted by Gasteiger charge is -2.29. The van der Waals surface area contributed by atoms with Crippen LogP contribution in [0.25, 0.3) is 5.69 Å². The Balaban J connectivity index is 1.59. The highest BCUT2D eigenvalue weighted by atomic mass is 19.1. The van der Waals surface area contributed by atoms with Gasteiger partial charge in [0.2, 0.25) is 0 Å². The highest BCUT2D eigenvalue weighted by molar-refractivity contribution is 6.00. The summed E-state index contributed by atoms with van der Waals surface area (Å²) in [6.45, 7) is 10.7. The Morgan fingerprint density at radius 3 is 2.55 bits per heavy atom. The number of nitrogens with zero attached hydrogens (tertiary/aromatic N) is 2. The van der Waals surface area contributed by atoms with E-state index in [1.54, 1.807) is 31.5 Å². The van der Waals surface area contributed by atoms with Crippen LogP contribution < -0.4 is 16.4 Å². The molecule has 1 heterocycles. The Morgan fingerprint density at radius 2 is 1.90 bits per heavy atom. The van der Waals surface area contributed by atoms with Crippen molar-refractivity contribution in [2.75, 3.05) is 11.9 Å². The molecule has 2 amide bonds. The molecule has 4 rings (SSSR count). The van der Waals surface area contributed by atoms with E-state index in [-0.39, 0.29) is 29.0 Å². The van der Waals surface area contributed by atoms with Crippen LogP contribution in [0.4, 0.5) is 14.9 Å². The molecule has 12 heteroatoms. The summed E-state index contributed by atoms with van der Waals surface area (Å²) in [7, 11) is 0. The molecule has 0 unspecified atom stereocenters. The van der Waals surface area contributed by atoms with Crippen molar-refractivity contribution < 1.29 is 33.0 Å². The fourth-order valence-corrected chi connectivity index (χ4v) is 5.67. The highest BCUT2D eigenvalue weighted by Gasteiger charge is 2.37. The second kappa shape index (κ2) is 11.7. The summed E-state index contributed by atoms with van der Waals surface area (Å²) in [6, 6.07) is 2.34. The number of aromatic nitrogens is 2. The molecule has 0 aliphatic heterocycles. The lowest BCUT2D eigenvalue weighted by atomic mass is 9.75. The van der Waals surface area contributed by atoms with E-state index in [4.69, 9.17) is 15.2 Å². The van der Waals surface area contributed by atoms with Crippen LogP contribution in [-0.2, 0) is 27.1 Å². The third kappa shape index (κ3) is 6.91. The third-order valence-corrected chi connectivity index (χ3v) is 7.37. The highest BCUT2D eigenvalue weighted by Crippen LogP contribution is 2.38. The van der Waals surface area contributed by atoms with Gasteiger partial charge in [-0.3, -0.25) is 14.4 Å². The molecule has 11 nitrogen and oxygen atoms in total. The number of rotatable bonds is 8. The number of carbonyl (C=O) groups excluding carboxylic acids is 4. The first-order chi connectivity index (χ1) is 19.6. The maximum Gasteiger partial charge on any atom is 0.408 e. The van der Waals surface area contributed by atoms with Gasteiger partial charge in [-0.15, -0.1) is 0 Å². The lowest BCUT2D eigenvalue weighted by Crippen LogP contribution is -2.39. The fraction of sp³-hybridized carbons (Fsp3) is 0.567. The summed E-state index contributed by atoms with van der Waals surface area (Å²) in [5, 5.41) is 10.2. The number of aryl methyl sites for hydroxylation is 1. The molecule has 4 N–H and O–H groups in total. The van der Waals surface area contributed by atoms with Crippen molar-refractivity contribution in [3.63, 3.8) is 0 Å². The first kappa shape index (κ1) is 31.0. The van der Waals surface area contributed by atoms with Gasteiger partial charge < -0.3 is 25.8 Å². The van der Waals surface area contributed by atoms with Gasteiger partial charge in [0.1, 0.15) is 24.1 Å². The maximum absolute atomic E-state index is 15.5. The molecule has 1 saturated carbocycles. The number of halogens is 1. The quantitative estimate of drug-likeness (QED) is 0.389. The molecule has 0 spiro atoms. The van der Waals surface area contributed by atoms with Crippen molar-refractivity contribution in [3.05, 3.63) is 40.5 Å². The van der Waals surface area contributed by atoms with Crippen LogP contribution >= 0.6 is 0 Å². The van der Waals surface area contributed by atoms with Gasteiger partial charge in [0.15, 0.2) is 5.78 Å². The van der Waals surface area contributed by atoms with E-state index in [9.17, 15) is 19.2 Å². The molecule has 2 aromatic rings. The Morgan fingerprint density at radius 1 is 1.19 bits per heavy atom. The van der Waals surface area contributed by atoms with Crippen molar-refractivity contribution in [1.29, 1.82) is 0 Å². The first-order valence-electron chi connectivity index (χ1n) is 14.3. The van der Waals surface area contributed by atoms with Gasteiger partial charge in [0.25, 0.3) is 5.91 Å². The average Bonchev–Trinajstić information content (AvgIpc) is 3.44. The number of fused-ring (bicyclic) bond motifs is 1. The summed E-state index contributed by atoms with van der Waals surface area (Å²) in [4.78, 5) is 49.7. The number of Topliss-reactive ketones (excluding diaryl/α,β-unsaturated/α-hetero) is 1. The molecule has 1 aromatic carbocycles. The number of hydrogen-bond acceptors (Lipinski definition) is 8. The number of benzene rings is 1. The number of nitrogens with two attached hydrogens (primary N) is 1. The summed E-state index contributed by atoms with van der Waals surface area (Å²) < 4.78 is 27.8. The number of hydrogen-bond donors (Lipinski definition) is 3. The maximum atomic E-state index is 15.5. The molecule has 1 fully saturated rings. The molecular weight excluding hydrogens is 545 g/mol. The van der Waals surface area contributed by atoms with Gasteiger partial charge >= 0.3 is 12.1 Å². The van der Waals surface area contributed by atoms with Gasteiger partial charge in [-0.1, -0.05) is 20.8 Å². The molecule has 42 heavy (non-hydrogen) atoms. The van der Waals surface area contributed by atoms with Crippen LogP contribution in [0.1, 0.15) is 99.3 Å². The number of esters is 1. The zero-order valence-corrected chi connectivity index (χ0v) is 25.1. The molecule has 0 saturated heterocycles. The minimum absolute atomic E-state index is 0.00805. The van der Waals surface area contributed by atoms with Gasteiger partial charge in [-0.2, -0.15) is 5.10 Å². The van der Waals surface area contributed by atoms with E-state index >= 15 is 4.39 Å². The van der Waals surface area contributed by atoms with Crippen LogP contribution in [0.5, 0.6) is 0 Å². The largest absolute Gasteiger partial charge is 0.459 e. The van der Waals surface area contributed by atoms with E-state index in [1.165, 1.54) is 6.07 Å². The molecule has 1 aromatic heterocycles. The van der Waals surface area contributed by atoms with Crippen molar-refractivity contribution in [2.45, 2.75) is 97.8 Å². The summed E-state index contributed by atoms with van der Waals surface area (Å²) in [6.07, 6.45) is 2.01. The Bertz CT molecular complexity index is 1410. The van der Waals surface area contributed by atoms with Gasteiger partial charge in [-0.25, -0.2) is 13.9 Å². The zero-order chi connectivity index (χ0) is 31.0. The number of amides is 2. The molecular formula is C30H40FN5O6. The van der Waals surface area contributed by atoms with Crippen LogP contribution in [-0.4, -0.2) is 57.8 Å². The summed E-state index contributed by atoms with van der Waals surface area (Å²) in [5.41, 5.74) is 6.65. The van der Waals surface area contributed by atoms with Crippen molar-refractivity contribution in [2.24, 2.45) is 11.1 Å². The predicted molar refractivity (Wildman–Crippen MR) is 153 cm³/mol. The van der Waals surface area contributed by atoms with Gasteiger partial charge in [0.05, 0.1) is 39.9 Å². The van der Waals surface area contributed by atoms with Crippen molar-refractivity contribution in [1.82, 2.24) is 15.1 Å². The van der Waals surface area contributed by atoms with Crippen LogP contribution in [0.3, 0.4) is 0 Å². The Labute approximate surface area is 244 Å². The lowest BCUT2D eigenvalue weighted by molar-refractivity contribution is -0.147. The Kier molecular flexibility index (Phi) is 8.65. The molecule has 2 atom stereocenters. The van der Waals surface area contributed by atoms with E-state index < -0.39 is 41.5 Å². The second-order valence-electron chi connectivity index (χ2n) is 12.8. The number of nitrogens with one attached hydrogen (secondary N) is 2. The number of ketones is 1. The number of alkyl carbamates (subject to hydrolysis) is 1. The van der Waals surface area contributed by atoms with E-state index in [2.05, 4.69) is 15.7 Å². The number of primary amides is 1. The molecule has 2 aliphatic rings. The van der Waals surface area contributed by atoms with Crippen molar-refractivity contribution >= 4 is 29.4 Å². The topological polar surface area (TPSA) is 155 Å². The van der Waals surface area contributed by atoms with Crippen LogP contribution in [0.15, 0.2) is 12.1 Å². The molecule has 2 aliphatic carbocycles. The first-order valence-corrected chi connectivity index (χ1v) is 14.3. The summed E-state index contributed by atoms with van der Waals surface area (Å²) in [5.74, 6) is -2.44. The zero-order valence-electron chi connectivity index (χ0n) is 25.1. The third-order valence-electron chi connectivity index (χ3n) is 7.37. The molecule has 0 radical (unpaired) electrons. The number of carbonyl (C=O) groups is 4. The van der Waals surface area contributed by atoms with Gasteiger partial charge in [0, 0.05) is 12.5 Å². The van der Waals surface area contributed by atoms with E-state index in [0.29, 0.717) is 61.2 Å². The second-order valence-corrected chi connectivity index (χ2v) is 12.8. The molecule has 228 valence electrons.